The predicted octanol–water partition coefficient (Wildman–Crippen LogP) is 3.58. The second-order valence-electron chi connectivity index (χ2n) is 3.84. The first-order chi connectivity index (χ1) is 9.33. The summed E-state index contributed by atoms with van der Waals surface area (Å²) in [7, 11) is 0. The highest BCUT2D eigenvalue weighted by Crippen LogP contribution is 2.32. The highest BCUT2D eigenvalue weighted by atomic mass is 32.1. The number of thiazole rings is 1. The summed E-state index contributed by atoms with van der Waals surface area (Å²) in [5, 5.41) is 2.43. The normalized spacial score (nSPS) is 10.3. The molecule has 0 saturated heterocycles. The van der Waals surface area contributed by atoms with Gasteiger partial charge in [-0.3, -0.25) is 0 Å². The van der Waals surface area contributed by atoms with E-state index in [1.807, 2.05) is 47.8 Å². The Morgan fingerprint density at radius 1 is 1.05 bits per heavy atom. The summed E-state index contributed by atoms with van der Waals surface area (Å²) in [5.74, 6) is 1.27. The third-order valence-electron chi connectivity index (χ3n) is 2.53. The highest BCUT2D eigenvalue weighted by Gasteiger charge is 2.11. The van der Waals surface area contributed by atoms with Crippen LogP contribution in [0.3, 0.4) is 0 Å². The quantitative estimate of drug-likeness (QED) is 0.789. The summed E-state index contributed by atoms with van der Waals surface area (Å²) in [6.45, 7) is 0. The number of rotatable bonds is 3. The summed E-state index contributed by atoms with van der Waals surface area (Å²) >= 11 is 1.40. The molecule has 1 aromatic carbocycles. The van der Waals surface area contributed by atoms with E-state index in [-0.39, 0.29) is 0 Å². The molecule has 3 aromatic rings. The largest absolute Gasteiger partial charge is 0.438 e. The first kappa shape index (κ1) is 11.7. The van der Waals surface area contributed by atoms with Gasteiger partial charge >= 0.3 is 0 Å². The molecule has 0 bridgehead atoms. The summed E-state index contributed by atoms with van der Waals surface area (Å²) in [4.78, 5) is 8.52. The van der Waals surface area contributed by atoms with Gasteiger partial charge in [-0.1, -0.05) is 18.2 Å². The molecule has 0 aliphatic heterocycles. The molecule has 0 spiro atoms. The van der Waals surface area contributed by atoms with Gasteiger partial charge in [0.2, 0.25) is 5.88 Å². The number of pyridine rings is 1. The topological polar surface area (TPSA) is 61.0 Å². The van der Waals surface area contributed by atoms with E-state index < -0.39 is 0 Å². The van der Waals surface area contributed by atoms with E-state index in [1.54, 1.807) is 6.20 Å². The van der Waals surface area contributed by atoms with Gasteiger partial charge in [-0.2, -0.15) is 0 Å². The Balaban J connectivity index is 1.98. The number of nitrogen functional groups attached to an aromatic ring is 1. The number of hydrogen-bond acceptors (Lipinski definition) is 5. The van der Waals surface area contributed by atoms with Crippen LogP contribution < -0.4 is 10.5 Å². The second kappa shape index (κ2) is 5.07. The van der Waals surface area contributed by atoms with Crippen LogP contribution in [-0.4, -0.2) is 9.97 Å². The number of nitrogens with two attached hydrogens (primary N) is 1. The molecule has 2 aromatic heterocycles. The summed E-state index contributed by atoms with van der Waals surface area (Å²) in [5.41, 5.74) is 7.28. The van der Waals surface area contributed by atoms with Crippen LogP contribution in [0.15, 0.2) is 54.0 Å². The van der Waals surface area contributed by atoms with Crippen molar-refractivity contribution < 1.29 is 4.74 Å². The average molecular weight is 269 g/mol. The van der Waals surface area contributed by atoms with Gasteiger partial charge in [0.1, 0.15) is 5.75 Å². The van der Waals surface area contributed by atoms with Crippen LogP contribution in [0.4, 0.5) is 5.13 Å². The van der Waals surface area contributed by atoms with E-state index in [9.17, 15) is 0 Å². The minimum atomic E-state index is 0.527. The van der Waals surface area contributed by atoms with Crippen LogP contribution in [0.25, 0.3) is 11.3 Å². The molecule has 4 nitrogen and oxygen atoms in total. The minimum Gasteiger partial charge on any atom is -0.438 e. The van der Waals surface area contributed by atoms with Gasteiger partial charge in [-0.05, 0) is 24.3 Å². The fourth-order valence-electron chi connectivity index (χ4n) is 1.68. The van der Waals surface area contributed by atoms with Gasteiger partial charge in [0.25, 0.3) is 0 Å². The molecule has 0 fully saturated rings. The predicted molar refractivity (Wildman–Crippen MR) is 76.3 cm³/mol. The van der Waals surface area contributed by atoms with Crippen molar-refractivity contribution in [1.82, 2.24) is 9.97 Å². The maximum atomic E-state index is 5.79. The van der Waals surface area contributed by atoms with Gasteiger partial charge in [0, 0.05) is 11.6 Å². The van der Waals surface area contributed by atoms with Gasteiger partial charge in [0.05, 0.1) is 11.3 Å². The molecular weight excluding hydrogens is 258 g/mol. The lowest BCUT2D eigenvalue weighted by Crippen LogP contribution is -1.91. The molecule has 0 aliphatic rings. The number of aromatic nitrogens is 2. The fourth-order valence-corrected chi connectivity index (χ4v) is 2.24. The highest BCUT2D eigenvalue weighted by molar-refractivity contribution is 7.13. The number of hydrogen-bond donors (Lipinski definition) is 1. The van der Waals surface area contributed by atoms with Crippen molar-refractivity contribution in [2.24, 2.45) is 0 Å². The summed E-state index contributed by atoms with van der Waals surface area (Å²) in [6.07, 6.45) is 1.69. The smallest absolute Gasteiger partial charge is 0.228 e. The van der Waals surface area contributed by atoms with E-state index in [4.69, 9.17) is 10.5 Å². The first-order valence-electron chi connectivity index (χ1n) is 5.72. The molecule has 94 valence electrons. The van der Waals surface area contributed by atoms with E-state index in [0.717, 1.165) is 17.0 Å². The van der Waals surface area contributed by atoms with E-state index >= 15 is 0 Å². The Labute approximate surface area is 114 Å². The van der Waals surface area contributed by atoms with Crippen LogP contribution in [0.2, 0.25) is 0 Å². The summed E-state index contributed by atoms with van der Waals surface area (Å²) in [6, 6.07) is 13.3. The number of nitrogens with zero attached hydrogens (tertiary/aromatic N) is 2. The number of benzene rings is 1. The van der Waals surface area contributed by atoms with Crippen molar-refractivity contribution in [3.05, 3.63) is 54.0 Å². The molecular formula is C14H11N3OS. The molecule has 0 amide bonds. The van der Waals surface area contributed by atoms with Crippen molar-refractivity contribution in [2.45, 2.75) is 0 Å². The zero-order chi connectivity index (χ0) is 13.1. The number of ether oxygens (including phenoxy) is 1. The van der Waals surface area contributed by atoms with Gasteiger partial charge in [-0.15, -0.1) is 11.3 Å². The van der Waals surface area contributed by atoms with E-state index in [0.29, 0.717) is 11.0 Å². The molecule has 3 rings (SSSR count). The standard InChI is InChI=1S/C14H11N3OS/c15-14-17-12(9-19-14)11-7-4-8-16-13(11)18-10-5-2-1-3-6-10/h1-9H,(H2,15,17). The van der Waals surface area contributed by atoms with Gasteiger partial charge in [-0.25, -0.2) is 9.97 Å². The first-order valence-corrected chi connectivity index (χ1v) is 6.60. The zero-order valence-corrected chi connectivity index (χ0v) is 10.8. The molecule has 0 unspecified atom stereocenters. The lowest BCUT2D eigenvalue weighted by molar-refractivity contribution is 0.465. The van der Waals surface area contributed by atoms with Crippen LogP contribution in [0, 0.1) is 0 Å². The molecule has 19 heavy (non-hydrogen) atoms. The summed E-state index contributed by atoms with van der Waals surface area (Å²) < 4.78 is 5.79. The third-order valence-corrected chi connectivity index (χ3v) is 3.20. The molecule has 0 atom stereocenters. The van der Waals surface area contributed by atoms with Crippen LogP contribution >= 0.6 is 11.3 Å². The van der Waals surface area contributed by atoms with Crippen LogP contribution in [0.1, 0.15) is 0 Å². The van der Waals surface area contributed by atoms with E-state index in [2.05, 4.69) is 9.97 Å². The molecule has 0 aliphatic carbocycles. The van der Waals surface area contributed by atoms with E-state index in [1.165, 1.54) is 11.3 Å². The lowest BCUT2D eigenvalue weighted by atomic mass is 10.2. The Hall–Kier alpha value is -2.40. The number of para-hydroxylation sites is 1. The van der Waals surface area contributed by atoms with Gasteiger partial charge < -0.3 is 10.5 Å². The molecule has 0 radical (unpaired) electrons. The molecule has 5 heteroatoms. The number of anilines is 1. The van der Waals surface area contributed by atoms with Crippen molar-refractivity contribution >= 4 is 16.5 Å². The van der Waals surface area contributed by atoms with Crippen molar-refractivity contribution in [3.63, 3.8) is 0 Å². The second-order valence-corrected chi connectivity index (χ2v) is 4.73. The van der Waals surface area contributed by atoms with Crippen LogP contribution in [0.5, 0.6) is 11.6 Å². The Bertz CT molecular complexity index is 682. The van der Waals surface area contributed by atoms with Crippen molar-refractivity contribution in [1.29, 1.82) is 0 Å². The van der Waals surface area contributed by atoms with Crippen molar-refractivity contribution in [3.8, 4) is 22.9 Å². The average Bonchev–Trinajstić information content (AvgIpc) is 2.87. The SMILES string of the molecule is Nc1nc(-c2cccnc2Oc2ccccc2)cs1. The Morgan fingerprint density at radius 3 is 2.63 bits per heavy atom. The minimum absolute atomic E-state index is 0.527. The Kier molecular flexibility index (Phi) is 3.12. The van der Waals surface area contributed by atoms with Gasteiger partial charge in [0.15, 0.2) is 5.13 Å². The maximum Gasteiger partial charge on any atom is 0.228 e. The fraction of sp³-hybridized carbons (Fsp3) is 0. The maximum absolute atomic E-state index is 5.79. The molecule has 2 N–H and O–H groups in total. The lowest BCUT2D eigenvalue weighted by Gasteiger charge is -2.07. The molecule has 2 heterocycles. The monoisotopic (exact) mass is 269 g/mol. The van der Waals surface area contributed by atoms with Crippen LogP contribution in [-0.2, 0) is 0 Å². The van der Waals surface area contributed by atoms with Crippen molar-refractivity contribution in [2.75, 3.05) is 5.73 Å². The zero-order valence-electron chi connectivity index (χ0n) is 9.98. The third kappa shape index (κ3) is 2.56. The molecule has 0 saturated carbocycles. The Morgan fingerprint density at radius 2 is 1.89 bits per heavy atom.